The lowest BCUT2D eigenvalue weighted by Crippen LogP contribution is -2.08. The van der Waals surface area contributed by atoms with Crippen LogP contribution in [0, 0.1) is 0 Å². The van der Waals surface area contributed by atoms with Gasteiger partial charge in [0.25, 0.3) is 0 Å². The summed E-state index contributed by atoms with van der Waals surface area (Å²) >= 11 is 0. The fourth-order valence-corrected chi connectivity index (χ4v) is 1.11. The van der Waals surface area contributed by atoms with E-state index in [4.69, 9.17) is 14.9 Å². The number of carboxylic acids is 1. The van der Waals surface area contributed by atoms with Crippen molar-refractivity contribution in [1.82, 2.24) is 0 Å². The minimum Gasteiger partial charge on any atom is -0.489 e. The zero-order valence-electron chi connectivity index (χ0n) is 8.85. The van der Waals surface area contributed by atoms with Crippen molar-refractivity contribution in [3.8, 4) is 5.75 Å². The third kappa shape index (κ3) is 3.74. The highest BCUT2D eigenvalue weighted by atomic mass is 16.5. The van der Waals surface area contributed by atoms with E-state index in [2.05, 4.69) is 6.58 Å². The second kappa shape index (κ2) is 5.92. The molecule has 1 aromatic carbocycles. The Bertz CT molecular complexity index is 367. The molecule has 4 heteroatoms. The number of carboxylic acid groups (broad SMARTS) is 1. The summed E-state index contributed by atoms with van der Waals surface area (Å²) in [6.07, 6.45) is 0.599. The molecule has 0 bridgehead atoms. The fraction of sp³-hybridized carbons (Fsp3) is 0.250. The molecule has 0 fully saturated rings. The molecule has 2 N–H and O–H groups in total. The Morgan fingerprint density at radius 3 is 2.44 bits per heavy atom. The van der Waals surface area contributed by atoms with Crippen LogP contribution in [0.2, 0.25) is 0 Å². The van der Waals surface area contributed by atoms with E-state index >= 15 is 0 Å². The Labute approximate surface area is 93.8 Å². The summed E-state index contributed by atoms with van der Waals surface area (Å²) in [5.74, 6) is -0.471. The lowest BCUT2D eigenvalue weighted by molar-refractivity contribution is -0.133. The highest BCUT2D eigenvalue weighted by molar-refractivity contribution is 5.86. The summed E-state index contributed by atoms with van der Waals surface area (Å²) in [5, 5.41) is 17.3. The molecule has 0 aliphatic heterocycles. The molecular weight excluding hydrogens is 208 g/mol. The van der Waals surface area contributed by atoms with Crippen LogP contribution >= 0.6 is 0 Å². The molecule has 0 radical (unpaired) electrons. The largest absolute Gasteiger partial charge is 0.489 e. The van der Waals surface area contributed by atoms with E-state index in [0.717, 1.165) is 5.56 Å². The number of hydrogen-bond acceptors (Lipinski definition) is 3. The first kappa shape index (κ1) is 12.3. The van der Waals surface area contributed by atoms with Crippen LogP contribution in [0.25, 0.3) is 0 Å². The Morgan fingerprint density at radius 1 is 1.31 bits per heavy atom. The summed E-state index contributed by atoms with van der Waals surface area (Å²) in [5.41, 5.74) is 1.02. The Morgan fingerprint density at radius 2 is 1.94 bits per heavy atom. The molecule has 0 aromatic heterocycles. The van der Waals surface area contributed by atoms with Gasteiger partial charge in [0.1, 0.15) is 12.4 Å². The second-order valence-corrected chi connectivity index (χ2v) is 3.31. The first-order valence-corrected chi connectivity index (χ1v) is 4.87. The molecule has 0 spiro atoms. The van der Waals surface area contributed by atoms with Crippen LogP contribution in [-0.4, -0.2) is 29.4 Å². The zero-order valence-corrected chi connectivity index (χ0v) is 8.85. The maximum Gasteiger partial charge on any atom is 0.334 e. The van der Waals surface area contributed by atoms with Crippen molar-refractivity contribution in [1.29, 1.82) is 0 Å². The van der Waals surface area contributed by atoms with E-state index in [-0.39, 0.29) is 18.8 Å². The van der Waals surface area contributed by atoms with Gasteiger partial charge in [0.05, 0.1) is 5.57 Å². The zero-order chi connectivity index (χ0) is 12.0. The van der Waals surface area contributed by atoms with Gasteiger partial charge in [-0.2, -0.15) is 0 Å². The SMILES string of the molecule is C=C(COc1ccc(CCO)cc1)C(=O)O. The fourth-order valence-electron chi connectivity index (χ4n) is 1.11. The van der Waals surface area contributed by atoms with Crippen molar-refractivity contribution in [3.05, 3.63) is 42.0 Å². The molecule has 86 valence electrons. The van der Waals surface area contributed by atoms with Gasteiger partial charge in [0.2, 0.25) is 0 Å². The highest BCUT2D eigenvalue weighted by Gasteiger charge is 2.04. The predicted octanol–water partition coefficient (Wildman–Crippen LogP) is 1.24. The summed E-state index contributed by atoms with van der Waals surface area (Å²) in [7, 11) is 0. The maximum atomic E-state index is 10.5. The Balaban J connectivity index is 2.49. The molecular formula is C12H14O4. The first-order chi connectivity index (χ1) is 7.63. The standard InChI is InChI=1S/C12H14O4/c1-9(12(14)15)8-16-11-4-2-10(3-5-11)6-7-13/h2-5,13H,1,6-8H2,(H,14,15). The van der Waals surface area contributed by atoms with Crippen LogP contribution < -0.4 is 4.74 Å². The van der Waals surface area contributed by atoms with Gasteiger partial charge in [-0.25, -0.2) is 4.79 Å². The van der Waals surface area contributed by atoms with Crippen LogP contribution in [0.1, 0.15) is 5.56 Å². The van der Waals surface area contributed by atoms with Crippen LogP contribution in [0.15, 0.2) is 36.4 Å². The van der Waals surface area contributed by atoms with Gasteiger partial charge in [-0.3, -0.25) is 0 Å². The molecule has 16 heavy (non-hydrogen) atoms. The number of aliphatic hydroxyl groups excluding tert-OH is 1. The number of hydrogen-bond donors (Lipinski definition) is 2. The molecule has 0 saturated carbocycles. The molecule has 0 aliphatic rings. The van der Waals surface area contributed by atoms with Gasteiger partial charge in [0.15, 0.2) is 0 Å². The average Bonchev–Trinajstić information content (AvgIpc) is 2.28. The van der Waals surface area contributed by atoms with Crippen molar-refractivity contribution >= 4 is 5.97 Å². The molecule has 1 rings (SSSR count). The number of benzene rings is 1. The summed E-state index contributed by atoms with van der Waals surface area (Å²) in [4.78, 5) is 10.5. The van der Waals surface area contributed by atoms with Crippen molar-refractivity contribution in [2.24, 2.45) is 0 Å². The molecule has 4 nitrogen and oxygen atoms in total. The minimum atomic E-state index is -1.06. The number of ether oxygens (including phenoxy) is 1. The molecule has 0 heterocycles. The Hall–Kier alpha value is -1.81. The maximum absolute atomic E-state index is 10.5. The minimum absolute atomic E-state index is 0.0134. The van der Waals surface area contributed by atoms with E-state index in [1.54, 1.807) is 12.1 Å². The van der Waals surface area contributed by atoms with E-state index in [1.807, 2.05) is 12.1 Å². The summed E-state index contributed by atoms with van der Waals surface area (Å²) in [6.45, 7) is 3.43. The van der Waals surface area contributed by atoms with Crippen LogP contribution in [0.5, 0.6) is 5.75 Å². The molecule has 0 atom stereocenters. The lowest BCUT2D eigenvalue weighted by Gasteiger charge is -2.06. The molecule has 1 aromatic rings. The lowest BCUT2D eigenvalue weighted by atomic mass is 10.1. The summed E-state index contributed by atoms with van der Waals surface area (Å²) < 4.78 is 5.22. The van der Waals surface area contributed by atoms with Crippen molar-refractivity contribution < 1.29 is 19.7 Å². The van der Waals surface area contributed by atoms with Gasteiger partial charge in [-0.15, -0.1) is 0 Å². The van der Waals surface area contributed by atoms with Crippen molar-refractivity contribution in [3.63, 3.8) is 0 Å². The van der Waals surface area contributed by atoms with Gasteiger partial charge >= 0.3 is 5.97 Å². The monoisotopic (exact) mass is 222 g/mol. The quantitative estimate of drug-likeness (QED) is 0.711. The number of rotatable bonds is 6. The van der Waals surface area contributed by atoms with E-state index in [1.165, 1.54) is 0 Å². The van der Waals surface area contributed by atoms with Crippen LogP contribution in [0.3, 0.4) is 0 Å². The van der Waals surface area contributed by atoms with E-state index < -0.39 is 5.97 Å². The normalized spacial score (nSPS) is 9.81. The average molecular weight is 222 g/mol. The van der Waals surface area contributed by atoms with E-state index in [9.17, 15) is 4.79 Å². The third-order valence-electron chi connectivity index (χ3n) is 2.04. The molecule has 0 aliphatic carbocycles. The second-order valence-electron chi connectivity index (χ2n) is 3.31. The third-order valence-corrected chi connectivity index (χ3v) is 2.04. The van der Waals surface area contributed by atoms with Gasteiger partial charge in [-0.05, 0) is 24.1 Å². The van der Waals surface area contributed by atoms with Gasteiger partial charge in [-0.1, -0.05) is 18.7 Å². The highest BCUT2D eigenvalue weighted by Crippen LogP contribution is 2.13. The van der Waals surface area contributed by atoms with Gasteiger partial charge < -0.3 is 14.9 Å². The van der Waals surface area contributed by atoms with Crippen LogP contribution in [0.4, 0.5) is 0 Å². The number of aliphatic hydroxyl groups is 1. The predicted molar refractivity (Wildman–Crippen MR) is 59.5 cm³/mol. The topological polar surface area (TPSA) is 66.8 Å². The van der Waals surface area contributed by atoms with Crippen molar-refractivity contribution in [2.75, 3.05) is 13.2 Å². The van der Waals surface area contributed by atoms with Crippen LogP contribution in [-0.2, 0) is 11.2 Å². The summed E-state index contributed by atoms with van der Waals surface area (Å²) in [6, 6.07) is 7.13. The number of carbonyl (C=O) groups is 1. The van der Waals surface area contributed by atoms with Gasteiger partial charge in [0, 0.05) is 6.61 Å². The Kier molecular flexibility index (Phi) is 4.54. The smallest absolute Gasteiger partial charge is 0.334 e. The first-order valence-electron chi connectivity index (χ1n) is 4.87. The van der Waals surface area contributed by atoms with E-state index in [0.29, 0.717) is 12.2 Å². The molecule has 0 saturated heterocycles. The number of aliphatic carboxylic acids is 1. The molecule has 0 unspecified atom stereocenters. The molecule has 0 amide bonds. The van der Waals surface area contributed by atoms with Crippen molar-refractivity contribution in [2.45, 2.75) is 6.42 Å².